The highest BCUT2D eigenvalue weighted by atomic mass is 19.4. The lowest BCUT2D eigenvalue weighted by Crippen LogP contribution is -2.37. The molecule has 0 heterocycles. The number of nitrogens with zero attached hydrogens (tertiary/aromatic N) is 1. The summed E-state index contributed by atoms with van der Waals surface area (Å²) in [6.45, 7) is 2.67. The van der Waals surface area contributed by atoms with Gasteiger partial charge in [0, 0.05) is 32.1 Å². The van der Waals surface area contributed by atoms with Crippen LogP contribution in [0.4, 0.5) is 18.0 Å². The lowest BCUT2D eigenvalue weighted by molar-refractivity contribution is -0.150. The maximum Gasteiger partial charge on any atom is 0.415 e. The van der Waals surface area contributed by atoms with E-state index in [0.29, 0.717) is 49.7 Å². The van der Waals surface area contributed by atoms with Gasteiger partial charge < -0.3 is 29.0 Å². The first kappa shape index (κ1) is 31.7. The molecule has 0 spiro atoms. The molecule has 11 heteroatoms. The van der Waals surface area contributed by atoms with Crippen LogP contribution in [0.2, 0.25) is 0 Å². The van der Waals surface area contributed by atoms with Crippen LogP contribution < -0.4 is 14.2 Å². The SMILES string of the molecule is CCOC(Cc1ccc(OCCN(CCCCCCC(F)(F)F)C(=O)Oc2cccc(OC)c2)cc1)C(=O)O. The molecule has 0 saturated carbocycles. The largest absolute Gasteiger partial charge is 0.497 e. The van der Waals surface area contributed by atoms with Gasteiger partial charge in [-0.25, -0.2) is 9.59 Å². The van der Waals surface area contributed by atoms with Crippen LogP contribution in [0.5, 0.6) is 17.2 Å². The second-order valence-electron chi connectivity index (χ2n) is 8.79. The Kier molecular flexibility index (Phi) is 13.4. The second kappa shape index (κ2) is 16.5. The molecule has 1 amide bonds. The third-order valence-corrected chi connectivity index (χ3v) is 5.76. The third kappa shape index (κ3) is 12.8. The first-order chi connectivity index (χ1) is 18.6. The van der Waals surface area contributed by atoms with Crippen LogP contribution in [0.25, 0.3) is 0 Å². The van der Waals surface area contributed by atoms with Gasteiger partial charge in [0.05, 0.1) is 13.7 Å². The Bertz CT molecular complexity index is 1010. The molecule has 0 aliphatic heterocycles. The molecule has 1 N–H and O–H groups in total. The molecule has 1 atom stereocenters. The van der Waals surface area contributed by atoms with E-state index >= 15 is 0 Å². The molecule has 0 saturated heterocycles. The van der Waals surface area contributed by atoms with Gasteiger partial charge in [-0.15, -0.1) is 0 Å². The number of hydrogen-bond donors (Lipinski definition) is 1. The van der Waals surface area contributed by atoms with Gasteiger partial charge in [-0.3, -0.25) is 0 Å². The summed E-state index contributed by atoms with van der Waals surface area (Å²) < 4.78 is 58.7. The van der Waals surface area contributed by atoms with Crippen molar-refractivity contribution < 1.29 is 46.8 Å². The molecule has 2 aromatic rings. The van der Waals surface area contributed by atoms with Crippen molar-refractivity contribution >= 4 is 12.1 Å². The Hall–Kier alpha value is -3.47. The fraction of sp³-hybridized carbons (Fsp3) is 0.500. The Balaban J connectivity index is 1.91. The Morgan fingerprint density at radius 3 is 2.28 bits per heavy atom. The highest BCUT2D eigenvalue weighted by Crippen LogP contribution is 2.23. The number of halogens is 3. The summed E-state index contributed by atoms with van der Waals surface area (Å²) in [6, 6.07) is 13.5. The van der Waals surface area contributed by atoms with Crippen molar-refractivity contribution in [2.45, 2.75) is 57.7 Å². The van der Waals surface area contributed by atoms with Gasteiger partial charge in [0.25, 0.3) is 0 Å². The van der Waals surface area contributed by atoms with Crippen LogP contribution in [0.1, 0.15) is 44.6 Å². The minimum Gasteiger partial charge on any atom is -0.497 e. The molecular weight excluding hydrogens is 519 g/mol. The maximum absolute atomic E-state index is 12.9. The molecule has 0 fully saturated rings. The lowest BCUT2D eigenvalue weighted by atomic mass is 10.1. The van der Waals surface area contributed by atoms with E-state index in [4.69, 9.17) is 18.9 Å². The molecule has 0 aliphatic carbocycles. The summed E-state index contributed by atoms with van der Waals surface area (Å²) in [5, 5.41) is 9.25. The first-order valence-corrected chi connectivity index (χ1v) is 12.8. The Morgan fingerprint density at radius 2 is 1.64 bits per heavy atom. The van der Waals surface area contributed by atoms with Gasteiger partial charge in [0.2, 0.25) is 0 Å². The number of carboxylic acid groups (broad SMARTS) is 1. The van der Waals surface area contributed by atoms with Gasteiger partial charge >= 0.3 is 18.2 Å². The molecule has 1 unspecified atom stereocenters. The van der Waals surface area contributed by atoms with Crippen molar-refractivity contribution in [3.05, 3.63) is 54.1 Å². The van der Waals surface area contributed by atoms with Crippen molar-refractivity contribution in [3.8, 4) is 17.2 Å². The third-order valence-electron chi connectivity index (χ3n) is 5.76. The summed E-state index contributed by atoms with van der Waals surface area (Å²) in [7, 11) is 1.50. The Morgan fingerprint density at radius 1 is 0.949 bits per heavy atom. The lowest BCUT2D eigenvalue weighted by Gasteiger charge is -2.22. The van der Waals surface area contributed by atoms with Crippen LogP contribution in [-0.2, 0) is 16.0 Å². The Labute approximate surface area is 226 Å². The first-order valence-electron chi connectivity index (χ1n) is 12.8. The predicted octanol–water partition coefficient (Wildman–Crippen LogP) is 6.12. The molecule has 2 rings (SSSR count). The molecule has 0 radical (unpaired) electrons. The van der Waals surface area contributed by atoms with Gasteiger partial charge in [-0.1, -0.05) is 31.0 Å². The minimum absolute atomic E-state index is 0.0502. The van der Waals surface area contributed by atoms with E-state index in [9.17, 15) is 27.9 Å². The van der Waals surface area contributed by atoms with Gasteiger partial charge in [-0.05, 0) is 49.6 Å². The quantitative estimate of drug-likeness (QED) is 0.235. The topological polar surface area (TPSA) is 94.5 Å². The smallest absolute Gasteiger partial charge is 0.415 e. The van der Waals surface area contributed by atoms with E-state index in [1.165, 1.54) is 12.0 Å². The van der Waals surface area contributed by atoms with Gasteiger partial charge in [0.15, 0.2) is 6.10 Å². The number of benzene rings is 2. The number of rotatable bonds is 17. The molecule has 2 aromatic carbocycles. The van der Waals surface area contributed by atoms with E-state index in [1.54, 1.807) is 55.5 Å². The number of amides is 1. The van der Waals surface area contributed by atoms with Crippen molar-refractivity contribution in [2.24, 2.45) is 0 Å². The number of aliphatic carboxylic acids is 1. The highest BCUT2D eigenvalue weighted by molar-refractivity contribution is 5.72. The molecular formula is C28H36F3NO7. The van der Waals surface area contributed by atoms with Crippen molar-refractivity contribution in [1.82, 2.24) is 4.90 Å². The zero-order chi connectivity index (χ0) is 28.7. The number of carboxylic acids is 1. The number of unbranched alkanes of at least 4 members (excludes halogenated alkanes) is 3. The monoisotopic (exact) mass is 555 g/mol. The summed E-state index contributed by atoms with van der Waals surface area (Å²) in [5.41, 5.74) is 0.775. The average molecular weight is 556 g/mol. The fourth-order valence-corrected chi connectivity index (χ4v) is 3.73. The van der Waals surface area contributed by atoms with Crippen LogP contribution in [0, 0.1) is 0 Å². The summed E-state index contributed by atoms with van der Waals surface area (Å²) in [5.74, 6) is 0.339. The van der Waals surface area contributed by atoms with E-state index < -0.39 is 30.8 Å². The number of ether oxygens (including phenoxy) is 4. The van der Waals surface area contributed by atoms with Gasteiger partial charge in [0.1, 0.15) is 23.9 Å². The standard InChI is InChI=1S/C28H36F3NO7/c1-3-37-25(26(33)34)19-21-11-13-22(14-12-21)38-18-17-32(16-7-5-4-6-15-28(29,30)31)27(35)39-24-10-8-9-23(20-24)36-2/h8-14,20,25H,3-7,15-19H2,1-2H3,(H,33,34). The number of carbonyl (C=O) groups excluding carboxylic acids is 1. The van der Waals surface area contributed by atoms with E-state index in [1.807, 2.05) is 0 Å². The van der Waals surface area contributed by atoms with Gasteiger partial charge in [-0.2, -0.15) is 13.2 Å². The highest BCUT2D eigenvalue weighted by Gasteiger charge is 2.26. The fourth-order valence-electron chi connectivity index (χ4n) is 3.73. The van der Waals surface area contributed by atoms with Crippen LogP contribution in [-0.4, -0.2) is 67.8 Å². The van der Waals surface area contributed by atoms with Crippen molar-refractivity contribution in [3.63, 3.8) is 0 Å². The molecule has 8 nitrogen and oxygen atoms in total. The number of alkyl halides is 3. The van der Waals surface area contributed by atoms with Crippen LogP contribution >= 0.6 is 0 Å². The summed E-state index contributed by atoms with van der Waals surface area (Å²) in [6.07, 6.45) is -4.77. The van der Waals surface area contributed by atoms with Crippen LogP contribution in [0.3, 0.4) is 0 Å². The second-order valence-corrected chi connectivity index (χ2v) is 8.79. The summed E-state index contributed by atoms with van der Waals surface area (Å²) in [4.78, 5) is 25.6. The maximum atomic E-state index is 12.9. The number of methoxy groups -OCH3 is 1. The molecule has 0 aromatic heterocycles. The van der Waals surface area contributed by atoms with Crippen molar-refractivity contribution in [1.29, 1.82) is 0 Å². The molecule has 216 valence electrons. The number of hydrogen-bond acceptors (Lipinski definition) is 6. The van der Waals surface area contributed by atoms with E-state index in [0.717, 1.165) is 5.56 Å². The minimum atomic E-state index is -4.16. The molecule has 39 heavy (non-hydrogen) atoms. The predicted molar refractivity (Wildman–Crippen MR) is 138 cm³/mol. The average Bonchev–Trinajstić information content (AvgIpc) is 2.89. The zero-order valence-corrected chi connectivity index (χ0v) is 22.2. The summed E-state index contributed by atoms with van der Waals surface area (Å²) >= 11 is 0. The van der Waals surface area contributed by atoms with E-state index in [2.05, 4.69) is 0 Å². The van der Waals surface area contributed by atoms with Crippen LogP contribution in [0.15, 0.2) is 48.5 Å². The molecule has 0 bridgehead atoms. The number of carbonyl (C=O) groups is 2. The molecule has 0 aliphatic rings. The van der Waals surface area contributed by atoms with E-state index in [-0.39, 0.29) is 26.0 Å². The normalized spacial score (nSPS) is 12.0. The zero-order valence-electron chi connectivity index (χ0n) is 22.2. The van der Waals surface area contributed by atoms with Crippen molar-refractivity contribution in [2.75, 3.05) is 33.4 Å².